The van der Waals surface area contributed by atoms with Crippen molar-refractivity contribution in [2.75, 3.05) is 6.61 Å². The zero-order valence-electron chi connectivity index (χ0n) is 18.7. The van der Waals surface area contributed by atoms with E-state index in [9.17, 15) is 9.59 Å². The van der Waals surface area contributed by atoms with Crippen molar-refractivity contribution < 1.29 is 14.3 Å². The van der Waals surface area contributed by atoms with Gasteiger partial charge in [0.1, 0.15) is 11.8 Å². The molecular formula is C24H30Cl2N2O3. The Kier molecular flexibility index (Phi) is 9.20. The maximum Gasteiger partial charge on any atom is 0.261 e. The summed E-state index contributed by atoms with van der Waals surface area (Å²) in [4.78, 5) is 27.4. The van der Waals surface area contributed by atoms with Crippen molar-refractivity contribution in [2.45, 2.75) is 59.7 Å². The van der Waals surface area contributed by atoms with Crippen molar-refractivity contribution in [3.63, 3.8) is 0 Å². The second-order valence-corrected chi connectivity index (χ2v) is 8.55. The normalized spacial score (nSPS) is 12.7. The third-order valence-corrected chi connectivity index (χ3v) is 6.20. The number of rotatable bonds is 9. The van der Waals surface area contributed by atoms with E-state index in [-0.39, 0.29) is 31.0 Å². The molecule has 2 aromatic rings. The van der Waals surface area contributed by atoms with Crippen LogP contribution in [-0.2, 0) is 16.1 Å². The molecule has 0 radical (unpaired) electrons. The Hall–Kier alpha value is -2.24. The molecule has 0 saturated carbocycles. The first-order valence-electron chi connectivity index (χ1n) is 10.4. The Morgan fingerprint density at radius 1 is 1.10 bits per heavy atom. The van der Waals surface area contributed by atoms with Gasteiger partial charge in [-0.3, -0.25) is 9.59 Å². The molecule has 1 N–H and O–H groups in total. The Bertz CT molecular complexity index is 910. The highest BCUT2D eigenvalue weighted by Gasteiger charge is 2.27. The molecule has 168 valence electrons. The monoisotopic (exact) mass is 464 g/mol. The van der Waals surface area contributed by atoms with E-state index in [2.05, 4.69) is 5.32 Å². The lowest BCUT2D eigenvalue weighted by Crippen LogP contribution is -2.50. The third-order valence-electron chi connectivity index (χ3n) is 5.24. The molecule has 0 saturated heterocycles. The number of benzene rings is 2. The van der Waals surface area contributed by atoms with Gasteiger partial charge in [0.25, 0.3) is 5.91 Å². The molecule has 0 aliphatic carbocycles. The van der Waals surface area contributed by atoms with Gasteiger partial charge < -0.3 is 15.0 Å². The molecular weight excluding hydrogens is 435 g/mol. The summed E-state index contributed by atoms with van der Waals surface area (Å²) in [6.07, 6.45) is 0.801. The van der Waals surface area contributed by atoms with Gasteiger partial charge in [0.05, 0.1) is 0 Å². The van der Waals surface area contributed by atoms with Gasteiger partial charge in [-0.15, -0.1) is 0 Å². The molecule has 0 aliphatic heterocycles. The molecule has 2 rings (SSSR count). The van der Waals surface area contributed by atoms with Crippen LogP contribution in [0, 0.1) is 13.8 Å². The van der Waals surface area contributed by atoms with E-state index in [4.69, 9.17) is 27.9 Å². The van der Waals surface area contributed by atoms with Crippen LogP contribution < -0.4 is 10.1 Å². The lowest BCUT2D eigenvalue weighted by Gasteiger charge is -2.30. The van der Waals surface area contributed by atoms with E-state index in [1.165, 1.54) is 4.90 Å². The van der Waals surface area contributed by atoms with Crippen molar-refractivity contribution in [3.05, 3.63) is 63.1 Å². The van der Waals surface area contributed by atoms with Gasteiger partial charge >= 0.3 is 0 Å². The first-order chi connectivity index (χ1) is 14.6. The lowest BCUT2D eigenvalue weighted by atomic mass is 10.1. The molecule has 5 nitrogen and oxygen atoms in total. The molecule has 7 heteroatoms. The highest BCUT2D eigenvalue weighted by atomic mass is 35.5. The minimum absolute atomic E-state index is 0.0171. The summed E-state index contributed by atoms with van der Waals surface area (Å²) in [7, 11) is 0. The summed E-state index contributed by atoms with van der Waals surface area (Å²) in [5.74, 6) is 0.0343. The summed E-state index contributed by atoms with van der Waals surface area (Å²) in [6.45, 7) is 9.40. The zero-order valence-corrected chi connectivity index (χ0v) is 20.2. The molecule has 31 heavy (non-hydrogen) atoms. The van der Waals surface area contributed by atoms with Gasteiger partial charge in [0.15, 0.2) is 6.61 Å². The number of ether oxygens (including phenoxy) is 1. The smallest absolute Gasteiger partial charge is 0.261 e. The predicted molar refractivity (Wildman–Crippen MR) is 126 cm³/mol. The van der Waals surface area contributed by atoms with Gasteiger partial charge in [-0.2, -0.15) is 0 Å². The zero-order chi connectivity index (χ0) is 23.1. The van der Waals surface area contributed by atoms with E-state index in [0.717, 1.165) is 23.1 Å². The number of nitrogens with zero attached hydrogens (tertiary/aromatic N) is 1. The summed E-state index contributed by atoms with van der Waals surface area (Å²) in [5, 5.41) is 4.16. The molecule has 2 amide bonds. The Morgan fingerprint density at radius 3 is 2.29 bits per heavy atom. The van der Waals surface area contributed by atoms with Gasteiger partial charge in [0, 0.05) is 22.6 Å². The predicted octanol–water partition coefficient (Wildman–Crippen LogP) is 5.32. The summed E-state index contributed by atoms with van der Waals surface area (Å²) in [6, 6.07) is 10.2. The average Bonchev–Trinajstić information content (AvgIpc) is 2.74. The molecule has 2 aromatic carbocycles. The van der Waals surface area contributed by atoms with Crippen molar-refractivity contribution in [2.24, 2.45) is 0 Å². The van der Waals surface area contributed by atoms with Gasteiger partial charge in [-0.1, -0.05) is 48.3 Å². The Labute approximate surface area is 194 Å². The molecule has 0 unspecified atom stereocenters. The summed E-state index contributed by atoms with van der Waals surface area (Å²) >= 11 is 12.5. The fraction of sp³-hybridized carbons (Fsp3) is 0.417. The molecule has 0 spiro atoms. The van der Waals surface area contributed by atoms with Crippen LogP contribution in [0.15, 0.2) is 36.4 Å². The van der Waals surface area contributed by atoms with Crippen molar-refractivity contribution in [1.29, 1.82) is 0 Å². The fourth-order valence-corrected chi connectivity index (χ4v) is 3.38. The van der Waals surface area contributed by atoms with E-state index in [0.29, 0.717) is 15.8 Å². The van der Waals surface area contributed by atoms with Crippen LogP contribution in [-0.4, -0.2) is 35.4 Å². The number of carbonyl (C=O) groups excluding carboxylic acids is 2. The molecule has 2 atom stereocenters. The lowest BCUT2D eigenvalue weighted by molar-refractivity contribution is -0.142. The quantitative estimate of drug-likeness (QED) is 0.545. The van der Waals surface area contributed by atoms with Crippen LogP contribution in [0.1, 0.15) is 43.9 Å². The Morgan fingerprint density at radius 2 is 1.71 bits per heavy atom. The minimum atomic E-state index is -0.685. The van der Waals surface area contributed by atoms with E-state index >= 15 is 0 Å². The fourth-order valence-electron chi connectivity index (χ4n) is 3.08. The van der Waals surface area contributed by atoms with Gasteiger partial charge in [-0.25, -0.2) is 0 Å². The van der Waals surface area contributed by atoms with Gasteiger partial charge in [0.2, 0.25) is 5.91 Å². The minimum Gasteiger partial charge on any atom is -0.484 e. The molecule has 0 bridgehead atoms. The van der Waals surface area contributed by atoms with Gasteiger partial charge in [-0.05, 0) is 69.0 Å². The van der Waals surface area contributed by atoms with Crippen LogP contribution in [0.5, 0.6) is 5.75 Å². The van der Waals surface area contributed by atoms with Crippen LogP contribution >= 0.6 is 23.2 Å². The maximum atomic E-state index is 13.1. The molecule has 0 aromatic heterocycles. The molecule has 0 aliphatic rings. The van der Waals surface area contributed by atoms with Crippen LogP contribution in [0.3, 0.4) is 0 Å². The SMILES string of the molecule is CC[C@@H](C)NC(=O)[C@@H](C)N(Cc1ccccc1Cl)C(=O)COc1cc(C)c(Cl)c(C)c1. The van der Waals surface area contributed by atoms with Crippen molar-refractivity contribution in [1.82, 2.24) is 10.2 Å². The number of halogens is 2. The standard InChI is InChI=1S/C24H30Cl2N2O3/c1-6-17(4)27-24(30)18(5)28(13-19-9-7-8-10-21(19)25)22(29)14-31-20-11-15(2)23(26)16(3)12-20/h7-12,17-18H,6,13-14H2,1-5H3,(H,27,30)/t17-,18-/m1/s1. The average molecular weight is 465 g/mol. The summed E-state index contributed by atoms with van der Waals surface area (Å²) in [5.41, 5.74) is 2.51. The highest BCUT2D eigenvalue weighted by molar-refractivity contribution is 6.32. The topological polar surface area (TPSA) is 58.6 Å². The number of amides is 2. The van der Waals surface area contributed by atoms with E-state index in [1.807, 2.05) is 45.9 Å². The third kappa shape index (κ3) is 6.88. The first kappa shape index (κ1) is 25.0. The maximum absolute atomic E-state index is 13.1. The number of carbonyl (C=O) groups is 2. The number of hydrogen-bond donors (Lipinski definition) is 1. The molecule has 0 fully saturated rings. The van der Waals surface area contributed by atoms with Crippen LogP contribution in [0.4, 0.5) is 0 Å². The van der Waals surface area contributed by atoms with Crippen LogP contribution in [0.2, 0.25) is 10.0 Å². The Balaban J connectivity index is 2.21. The summed E-state index contributed by atoms with van der Waals surface area (Å²) < 4.78 is 5.75. The number of hydrogen-bond acceptors (Lipinski definition) is 3. The number of aryl methyl sites for hydroxylation is 2. The molecule has 0 heterocycles. The number of nitrogens with one attached hydrogen (secondary N) is 1. The van der Waals surface area contributed by atoms with Crippen molar-refractivity contribution >= 4 is 35.0 Å². The van der Waals surface area contributed by atoms with E-state index < -0.39 is 6.04 Å². The largest absolute Gasteiger partial charge is 0.484 e. The van der Waals surface area contributed by atoms with Crippen molar-refractivity contribution in [3.8, 4) is 5.75 Å². The second-order valence-electron chi connectivity index (χ2n) is 7.77. The second kappa shape index (κ2) is 11.4. The van der Waals surface area contributed by atoms with E-state index in [1.54, 1.807) is 25.1 Å². The van der Waals surface area contributed by atoms with Crippen LogP contribution in [0.25, 0.3) is 0 Å². The highest BCUT2D eigenvalue weighted by Crippen LogP contribution is 2.26. The first-order valence-corrected chi connectivity index (χ1v) is 11.1.